The van der Waals surface area contributed by atoms with Crippen LogP contribution >= 0.6 is 0 Å². The van der Waals surface area contributed by atoms with Gasteiger partial charge in [0, 0.05) is 12.4 Å². The Morgan fingerprint density at radius 3 is 2.35 bits per heavy atom. The van der Waals surface area contributed by atoms with Crippen LogP contribution in [0.1, 0.15) is 12.7 Å². The zero-order chi connectivity index (χ0) is 14.6. The highest BCUT2D eigenvalue weighted by molar-refractivity contribution is 6.70. The SMILES string of the molecule is CC(=Nc1ccccc1O[Si](C)(C)C)c1ncccn1. The molecule has 0 N–H and O–H groups in total. The molecule has 0 saturated heterocycles. The molecule has 104 valence electrons. The summed E-state index contributed by atoms with van der Waals surface area (Å²) >= 11 is 0. The van der Waals surface area contributed by atoms with Crippen molar-refractivity contribution < 1.29 is 4.43 Å². The fourth-order valence-corrected chi connectivity index (χ4v) is 2.51. The third-order valence-electron chi connectivity index (χ3n) is 2.46. The van der Waals surface area contributed by atoms with Gasteiger partial charge in [-0.25, -0.2) is 15.0 Å². The van der Waals surface area contributed by atoms with Crippen LogP contribution in [0.15, 0.2) is 47.7 Å². The minimum atomic E-state index is -1.66. The number of nitrogens with zero attached hydrogens (tertiary/aromatic N) is 3. The maximum Gasteiger partial charge on any atom is 0.242 e. The van der Waals surface area contributed by atoms with Crippen LogP contribution in [0.25, 0.3) is 0 Å². The number of para-hydroxylation sites is 2. The molecular weight excluding hydrogens is 266 g/mol. The van der Waals surface area contributed by atoms with Crippen LogP contribution in [-0.2, 0) is 0 Å². The Labute approximate surface area is 120 Å². The van der Waals surface area contributed by atoms with Gasteiger partial charge in [0.2, 0.25) is 8.32 Å². The van der Waals surface area contributed by atoms with Crippen molar-refractivity contribution in [1.82, 2.24) is 9.97 Å². The van der Waals surface area contributed by atoms with Crippen molar-refractivity contribution in [3.63, 3.8) is 0 Å². The van der Waals surface area contributed by atoms with Crippen molar-refractivity contribution in [3.05, 3.63) is 48.5 Å². The molecule has 0 fully saturated rings. The molecule has 0 unspecified atom stereocenters. The molecule has 5 heteroatoms. The summed E-state index contributed by atoms with van der Waals surface area (Å²) in [5, 5.41) is 0. The van der Waals surface area contributed by atoms with Gasteiger partial charge in [0.05, 0.1) is 5.71 Å². The summed E-state index contributed by atoms with van der Waals surface area (Å²) in [6, 6.07) is 9.61. The van der Waals surface area contributed by atoms with Gasteiger partial charge in [0.25, 0.3) is 0 Å². The minimum Gasteiger partial charge on any atom is -0.543 e. The first-order valence-electron chi connectivity index (χ1n) is 6.56. The molecule has 20 heavy (non-hydrogen) atoms. The zero-order valence-corrected chi connectivity index (χ0v) is 13.3. The molecule has 1 heterocycles. The maximum absolute atomic E-state index is 6.06. The Balaban J connectivity index is 2.34. The monoisotopic (exact) mass is 285 g/mol. The van der Waals surface area contributed by atoms with Crippen molar-refractivity contribution >= 4 is 19.7 Å². The highest BCUT2D eigenvalue weighted by Crippen LogP contribution is 2.29. The normalized spacial score (nSPS) is 12.3. The van der Waals surface area contributed by atoms with Gasteiger partial charge >= 0.3 is 0 Å². The van der Waals surface area contributed by atoms with Crippen molar-refractivity contribution in [2.45, 2.75) is 26.6 Å². The Morgan fingerprint density at radius 2 is 1.70 bits per heavy atom. The maximum atomic E-state index is 6.06. The fourth-order valence-electron chi connectivity index (χ4n) is 1.68. The first-order chi connectivity index (χ1) is 9.46. The van der Waals surface area contributed by atoms with Crippen LogP contribution in [-0.4, -0.2) is 24.0 Å². The van der Waals surface area contributed by atoms with E-state index in [1.54, 1.807) is 18.5 Å². The molecule has 0 spiro atoms. The van der Waals surface area contributed by atoms with Crippen molar-refractivity contribution in [2.24, 2.45) is 4.99 Å². The first-order valence-corrected chi connectivity index (χ1v) is 9.97. The van der Waals surface area contributed by atoms with Gasteiger partial charge in [-0.15, -0.1) is 0 Å². The molecule has 0 radical (unpaired) electrons. The van der Waals surface area contributed by atoms with Crippen LogP contribution in [0.3, 0.4) is 0 Å². The van der Waals surface area contributed by atoms with Crippen LogP contribution in [0, 0.1) is 0 Å². The van der Waals surface area contributed by atoms with Crippen molar-refractivity contribution in [2.75, 3.05) is 0 Å². The van der Waals surface area contributed by atoms with Crippen molar-refractivity contribution in [3.8, 4) is 5.75 Å². The standard InChI is InChI=1S/C15H19N3OSi/c1-12(15-16-10-7-11-17-15)18-13-8-5-6-9-14(13)19-20(2,3)4/h5-11H,1-4H3. The lowest BCUT2D eigenvalue weighted by Crippen LogP contribution is -2.29. The summed E-state index contributed by atoms with van der Waals surface area (Å²) in [7, 11) is -1.66. The van der Waals surface area contributed by atoms with E-state index in [1.165, 1.54) is 0 Å². The number of aliphatic imine (C=N–C) groups is 1. The third-order valence-corrected chi connectivity index (χ3v) is 3.29. The average Bonchev–Trinajstić information content (AvgIpc) is 2.40. The highest BCUT2D eigenvalue weighted by Gasteiger charge is 2.18. The van der Waals surface area contributed by atoms with E-state index in [4.69, 9.17) is 4.43 Å². The Hall–Kier alpha value is -2.01. The average molecular weight is 285 g/mol. The van der Waals surface area contributed by atoms with Gasteiger partial charge in [0.15, 0.2) is 5.82 Å². The summed E-state index contributed by atoms with van der Waals surface area (Å²) < 4.78 is 6.06. The molecule has 2 rings (SSSR count). The molecule has 0 saturated carbocycles. The van der Waals surface area contributed by atoms with E-state index in [-0.39, 0.29) is 0 Å². The van der Waals surface area contributed by atoms with Gasteiger partial charge in [-0.05, 0) is 44.8 Å². The smallest absolute Gasteiger partial charge is 0.242 e. The first kappa shape index (κ1) is 14.4. The number of benzene rings is 1. The molecule has 1 aromatic heterocycles. The zero-order valence-electron chi connectivity index (χ0n) is 12.3. The van der Waals surface area contributed by atoms with E-state index in [2.05, 4.69) is 34.6 Å². The quantitative estimate of drug-likeness (QED) is 0.633. The van der Waals surface area contributed by atoms with Crippen LogP contribution in [0.5, 0.6) is 5.75 Å². The molecular formula is C15H19N3OSi. The molecule has 0 aliphatic heterocycles. The molecule has 0 aliphatic carbocycles. The number of rotatable bonds is 4. The predicted molar refractivity (Wildman–Crippen MR) is 84.3 cm³/mol. The van der Waals surface area contributed by atoms with E-state index >= 15 is 0 Å². The highest BCUT2D eigenvalue weighted by atomic mass is 28.4. The molecule has 0 amide bonds. The minimum absolute atomic E-state index is 0.635. The number of hydrogen-bond donors (Lipinski definition) is 0. The molecule has 1 aromatic carbocycles. The van der Waals surface area contributed by atoms with Crippen LogP contribution < -0.4 is 4.43 Å². The lowest BCUT2D eigenvalue weighted by Gasteiger charge is -2.20. The molecule has 0 atom stereocenters. The number of hydrogen-bond acceptors (Lipinski definition) is 4. The van der Waals surface area contributed by atoms with Gasteiger partial charge in [-0.2, -0.15) is 0 Å². The predicted octanol–water partition coefficient (Wildman–Crippen LogP) is 3.83. The summed E-state index contributed by atoms with van der Waals surface area (Å²) in [5.41, 5.74) is 1.59. The molecule has 0 bridgehead atoms. The molecule has 4 nitrogen and oxygen atoms in total. The van der Waals surface area contributed by atoms with E-state index in [0.717, 1.165) is 17.1 Å². The second-order valence-corrected chi connectivity index (χ2v) is 9.88. The Kier molecular flexibility index (Phi) is 4.29. The fraction of sp³-hybridized carbons (Fsp3) is 0.267. The lowest BCUT2D eigenvalue weighted by atomic mass is 10.3. The van der Waals surface area contributed by atoms with Crippen molar-refractivity contribution in [1.29, 1.82) is 0 Å². The molecule has 2 aromatic rings. The summed E-state index contributed by atoms with van der Waals surface area (Å²) in [6.07, 6.45) is 3.43. The van der Waals surface area contributed by atoms with Crippen LogP contribution in [0.2, 0.25) is 19.6 Å². The van der Waals surface area contributed by atoms with E-state index in [1.807, 2.05) is 31.2 Å². The van der Waals surface area contributed by atoms with Gasteiger partial charge in [0.1, 0.15) is 11.4 Å². The Bertz CT molecular complexity index is 606. The summed E-state index contributed by atoms with van der Waals surface area (Å²) in [4.78, 5) is 13.0. The van der Waals surface area contributed by atoms with E-state index < -0.39 is 8.32 Å². The second-order valence-electron chi connectivity index (χ2n) is 5.45. The summed E-state index contributed by atoms with van der Waals surface area (Å²) in [5.74, 6) is 1.46. The van der Waals surface area contributed by atoms with Gasteiger partial charge in [-0.1, -0.05) is 12.1 Å². The third kappa shape index (κ3) is 3.99. The lowest BCUT2D eigenvalue weighted by molar-refractivity contribution is 0.559. The second kappa shape index (κ2) is 5.96. The summed E-state index contributed by atoms with van der Waals surface area (Å²) in [6.45, 7) is 8.36. The van der Waals surface area contributed by atoms with E-state index in [9.17, 15) is 0 Å². The topological polar surface area (TPSA) is 47.4 Å². The van der Waals surface area contributed by atoms with E-state index in [0.29, 0.717) is 5.82 Å². The van der Waals surface area contributed by atoms with Crippen LogP contribution in [0.4, 0.5) is 5.69 Å². The van der Waals surface area contributed by atoms with Gasteiger partial charge in [-0.3, -0.25) is 0 Å². The molecule has 0 aliphatic rings. The number of aromatic nitrogens is 2. The van der Waals surface area contributed by atoms with Gasteiger partial charge < -0.3 is 4.43 Å². The largest absolute Gasteiger partial charge is 0.543 e. The Morgan fingerprint density at radius 1 is 1.05 bits per heavy atom.